The highest BCUT2D eigenvalue weighted by atomic mass is 32.2. The first-order valence-electron chi connectivity index (χ1n) is 5.71. The van der Waals surface area contributed by atoms with E-state index in [1.54, 1.807) is 24.3 Å². The number of hydrogen-bond acceptors (Lipinski definition) is 3. The standard InChI is InChI=1S/C14H16O2S/c1-2-17-13-5-3-12(4-6-13)14(15)9-11-7-8-16-10-11/h3-8,10,14-15H,2,9H2,1H3. The van der Waals surface area contributed by atoms with Gasteiger partial charge in [0.1, 0.15) is 0 Å². The highest BCUT2D eigenvalue weighted by Gasteiger charge is 2.09. The van der Waals surface area contributed by atoms with E-state index in [-0.39, 0.29) is 0 Å². The van der Waals surface area contributed by atoms with Gasteiger partial charge in [0.15, 0.2) is 0 Å². The third-order valence-electron chi connectivity index (χ3n) is 2.59. The van der Waals surface area contributed by atoms with E-state index in [4.69, 9.17) is 4.42 Å². The van der Waals surface area contributed by atoms with Crippen LogP contribution in [-0.2, 0) is 6.42 Å². The Bertz CT molecular complexity index is 434. The van der Waals surface area contributed by atoms with E-state index in [0.717, 1.165) is 16.9 Å². The van der Waals surface area contributed by atoms with Gasteiger partial charge < -0.3 is 9.52 Å². The Kier molecular flexibility index (Phi) is 4.29. The molecule has 1 N–H and O–H groups in total. The van der Waals surface area contributed by atoms with Gasteiger partial charge in [-0.2, -0.15) is 0 Å². The highest BCUT2D eigenvalue weighted by molar-refractivity contribution is 7.99. The summed E-state index contributed by atoms with van der Waals surface area (Å²) in [6.07, 6.45) is 3.43. The Balaban J connectivity index is 2.01. The molecule has 90 valence electrons. The zero-order valence-corrected chi connectivity index (χ0v) is 10.6. The number of hydrogen-bond donors (Lipinski definition) is 1. The fraction of sp³-hybridized carbons (Fsp3) is 0.286. The van der Waals surface area contributed by atoms with Crippen molar-refractivity contribution >= 4 is 11.8 Å². The van der Waals surface area contributed by atoms with E-state index < -0.39 is 6.10 Å². The first-order chi connectivity index (χ1) is 8.29. The largest absolute Gasteiger partial charge is 0.472 e. The SMILES string of the molecule is CCSc1ccc(C(O)Cc2ccoc2)cc1. The second kappa shape index (κ2) is 5.94. The maximum atomic E-state index is 10.1. The van der Waals surface area contributed by atoms with Crippen LogP contribution in [0, 0.1) is 0 Å². The van der Waals surface area contributed by atoms with E-state index in [2.05, 4.69) is 19.1 Å². The van der Waals surface area contributed by atoms with Crippen LogP contribution < -0.4 is 0 Å². The maximum Gasteiger partial charge on any atom is 0.0935 e. The van der Waals surface area contributed by atoms with Crippen LogP contribution in [0.3, 0.4) is 0 Å². The first-order valence-corrected chi connectivity index (χ1v) is 6.70. The number of rotatable bonds is 5. The van der Waals surface area contributed by atoms with E-state index >= 15 is 0 Å². The molecule has 0 aliphatic rings. The molecule has 0 saturated carbocycles. The Labute approximate surface area is 106 Å². The van der Waals surface area contributed by atoms with Crippen molar-refractivity contribution in [2.75, 3.05) is 5.75 Å². The predicted molar refractivity (Wildman–Crippen MR) is 70.2 cm³/mol. The Hall–Kier alpha value is -1.19. The van der Waals surface area contributed by atoms with Gasteiger partial charge in [-0.25, -0.2) is 0 Å². The van der Waals surface area contributed by atoms with Crippen molar-refractivity contribution in [3.8, 4) is 0 Å². The van der Waals surface area contributed by atoms with E-state index in [0.29, 0.717) is 6.42 Å². The Morgan fingerprint density at radius 3 is 2.59 bits per heavy atom. The van der Waals surface area contributed by atoms with Crippen LogP contribution in [0.1, 0.15) is 24.2 Å². The summed E-state index contributed by atoms with van der Waals surface area (Å²) in [7, 11) is 0. The molecule has 0 amide bonds. The average molecular weight is 248 g/mol. The van der Waals surface area contributed by atoms with Crippen molar-refractivity contribution in [3.05, 3.63) is 54.0 Å². The average Bonchev–Trinajstić information content (AvgIpc) is 2.83. The maximum absolute atomic E-state index is 10.1. The molecule has 0 aliphatic carbocycles. The van der Waals surface area contributed by atoms with Gasteiger partial charge in [-0.05, 0) is 35.1 Å². The minimum atomic E-state index is -0.465. The summed E-state index contributed by atoms with van der Waals surface area (Å²) in [5, 5.41) is 10.1. The minimum Gasteiger partial charge on any atom is -0.472 e. The molecular weight excluding hydrogens is 232 g/mol. The third kappa shape index (κ3) is 3.38. The number of thioether (sulfide) groups is 1. The normalized spacial score (nSPS) is 12.6. The van der Waals surface area contributed by atoms with E-state index in [9.17, 15) is 5.11 Å². The molecular formula is C14H16O2S. The molecule has 1 aromatic heterocycles. The summed E-state index contributed by atoms with van der Waals surface area (Å²) in [6.45, 7) is 2.13. The number of furan rings is 1. The summed E-state index contributed by atoms with van der Waals surface area (Å²) >= 11 is 1.80. The lowest BCUT2D eigenvalue weighted by Crippen LogP contribution is -2.00. The highest BCUT2D eigenvalue weighted by Crippen LogP contribution is 2.23. The monoisotopic (exact) mass is 248 g/mol. The van der Waals surface area contributed by atoms with Crippen LogP contribution in [0.5, 0.6) is 0 Å². The Morgan fingerprint density at radius 1 is 1.24 bits per heavy atom. The molecule has 1 heterocycles. The van der Waals surface area contributed by atoms with Crippen molar-refractivity contribution < 1.29 is 9.52 Å². The van der Waals surface area contributed by atoms with Crippen LogP contribution in [0.4, 0.5) is 0 Å². The molecule has 0 spiro atoms. The van der Waals surface area contributed by atoms with Gasteiger partial charge in [0.05, 0.1) is 18.6 Å². The van der Waals surface area contributed by atoms with Gasteiger partial charge in [0.2, 0.25) is 0 Å². The quantitative estimate of drug-likeness (QED) is 0.820. The number of benzene rings is 1. The lowest BCUT2D eigenvalue weighted by molar-refractivity contribution is 0.178. The molecule has 1 unspecified atom stereocenters. The molecule has 2 nitrogen and oxygen atoms in total. The first kappa shape index (κ1) is 12.3. The van der Waals surface area contributed by atoms with Crippen molar-refractivity contribution in [3.63, 3.8) is 0 Å². The Morgan fingerprint density at radius 2 is 2.00 bits per heavy atom. The molecule has 0 saturated heterocycles. The molecule has 2 rings (SSSR count). The third-order valence-corrected chi connectivity index (χ3v) is 3.48. The van der Waals surface area contributed by atoms with Crippen LogP contribution in [0.15, 0.2) is 52.2 Å². The topological polar surface area (TPSA) is 33.4 Å². The van der Waals surface area contributed by atoms with E-state index in [1.165, 1.54) is 4.90 Å². The fourth-order valence-electron chi connectivity index (χ4n) is 1.70. The minimum absolute atomic E-state index is 0.465. The zero-order valence-electron chi connectivity index (χ0n) is 9.80. The van der Waals surface area contributed by atoms with Crippen molar-refractivity contribution in [1.29, 1.82) is 0 Å². The molecule has 1 aromatic carbocycles. The van der Waals surface area contributed by atoms with Crippen LogP contribution in [0.2, 0.25) is 0 Å². The summed E-state index contributed by atoms with van der Waals surface area (Å²) in [5.74, 6) is 1.07. The molecule has 17 heavy (non-hydrogen) atoms. The molecule has 0 bridgehead atoms. The van der Waals surface area contributed by atoms with Gasteiger partial charge in [-0.15, -0.1) is 11.8 Å². The molecule has 0 radical (unpaired) electrons. The molecule has 3 heteroatoms. The molecule has 0 fully saturated rings. The van der Waals surface area contributed by atoms with Gasteiger partial charge in [-0.3, -0.25) is 0 Å². The molecule has 2 aromatic rings. The summed E-state index contributed by atoms with van der Waals surface area (Å²) < 4.78 is 4.99. The van der Waals surface area contributed by atoms with Crippen LogP contribution >= 0.6 is 11.8 Å². The van der Waals surface area contributed by atoms with Crippen LogP contribution in [-0.4, -0.2) is 10.9 Å². The van der Waals surface area contributed by atoms with Crippen molar-refractivity contribution in [2.24, 2.45) is 0 Å². The van der Waals surface area contributed by atoms with E-state index in [1.807, 2.05) is 18.2 Å². The van der Waals surface area contributed by atoms with Gasteiger partial charge in [0, 0.05) is 11.3 Å². The summed E-state index contributed by atoms with van der Waals surface area (Å²) in [6, 6.07) is 9.97. The summed E-state index contributed by atoms with van der Waals surface area (Å²) in [5.41, 5.74) is 1.97. The predicted octanol–water partition coefficient (Wildman–Crippen LogP) is 3.67. The number of aliphatic hydroxyl groups excluding tert-OH is 1. The second-order valence-electron chi connectivity index (χ2n) is 3.85. The fourth-order valence-corrected chi connectivity index (χ4v) is 2.36. The molecule has 0 aliphatic heterocycles. The van der Waals surface area contributed by atoms with Crippen LogP contribution in [0.25, 0.3) is 0 Å². The van der Waals surface area contributed by atoms with Gasteiger partial charge >= 0.3 is 0 Å². The lowest BCUT2D eigenvalue weighted by atomic mass is 10.0. The summed E-state index contributed by atoms with van der Waals surface area (Å²) in [4.78, 5) is 1.24. The lowest BCUT2D eigenvalue weighted by Gasteiger charge is -2.10. The smallest absolute Gasteiger partial charge is 0.0935 e. The number of aliphatic hydroxyl groups is 1. The van der Waals surface area contributed by atoms with Crippen molar-refractivity contribution in [2.45, 2.75) is 24.3 Å². The van der Waals surface area contributed by atoms with Crippen molar-refractivity contribution in [1.82, 2.24) is 0 Å². The second-order valence-corrected chi connectivity index (χ2v) is 5.19. The van der Waals surface area contributed by atoms with Gasteiger partial charge in [-0.1, -0.05) is 19.1 Å². The zero-order chi connectivity index (χ0) is 12.1. The van der Waals surface area contributed by atoms with Gasteiger partial charge in [0.25, 0.3) is 0 Å². The molecule has 1 atom stereocenters.